The van der Waals surface area contributed by atoms with Crippen molar-refractivity contribution in [3.05, 3.63) is 51.5 Å². The van der Waals surface area contributed by atoms with Gasteiger partial charge in [-0.15, -0.1) is 11.3 Å². The van der Waals surface area contributed by atoms with Crippen LogP contribution in [0.15, 0.2) is 29.1 Å². The molecule has 1 heterocycles. The fourth-order valence-corrected chi connectivity index (χ4v) is 2.33. The Kier molecular flexibility index (Phi) is 2.84. The summed E-state index contributed by atoms with van der Waals surface area (Å²) < 4.78 is 0. The van der Waals surface area contributed by atoms with Crippen LogP contribution in [0, 0.1) is 13.8 Å². The Labute approximate surface area is 93.8 Å². The Hall–Kier alpha value is -1.19. The highest BCUT2D eigenvalue weighted by Gasteiger charge is 2.11. The summed E-state index contributed by atoms with van der Waals surface area (Å²) in [6.45, 7) is 4.18. The third-order valence-electron chi connectivity index (χ3n) is 2.37. The number of aromatic nitrogens is 1. The molecule has 0 amide bonds. The van der Waals surface area contributed by atoms with Gasteiger partial charge in [-0.05, 0) is 19.4 Å². The first-order valence-corrected chi connectivity index (χ1v) is 5.83. The van der Waals surface area contributed by atoms with Crippen LogP contribution in [0.5, 0.6) is 0 Å². The van der Waals surface area contributed by atoms with Crippen molar-refractivity contribution in [3.63, 3.8) is 0 Å². The normalized spacial score (nSPS) is 12.7. The summed E-state index contributed by atoms with van der Waals surface area (Å²) in [6.07, 6.45) is 0. The van der Waals surface area contributed by atoms with Crippen molar-refractivity contribution in [2.45, 2.75) is 19.9 Å². The monoisotopic (exact) mass is 218 g/mol. The lowest BCUT2D eigenvalue weighted by atomic mass is 10.0. The smallest absolute Gasteiger partial charge is 0.0795 e. The van der Waals surface area contributed by atoms with E-state index >= 15 is 0 Å². The number of nitrogens with two attached hydrogens (primary N) is 1. The quantitative estimate of drug-likeness (QED) is 0.841. The van der Waals surface area contributed by atoms with Gasteiger partial charge < -0.3 is 5.73 Å². The van der Waals surface area contributed by atoms with Gasteiger partial charge in [-0.25, -0.2) is 4.98 Å². The molecule has 1 aromatic carbocycles. The summed E-state index contributed by atoms with van der Waals surface area (Å²) in [5.74, 6) is 0. The molecule has 0 aliphatic carbocycles. The molecule has 1 atom stereocenters. The molecule has 78 valence electrons. The van der Waals surface area contributed by atoms with E-state index in [-0.39, 0.29) is 6.04 Å². The SMILES string of the molecule is Cc1cc(C)cc(C(N)c2cscn2)c1. The zero-order valence-electron chi connectivity index (χ0n) is 8.90. The van der Waals surface area contributed by atoms with Gasteiger partial charge in [0.2, 0.25) is 0 Å². The van der Waals surface area contributed by atoms with Crippen LogP contribution >= 0.6 is 11.3 Å². The number of hydrogen-bond donors (Lipinski definition) is 1. The highest BCUT2D eigenvalue weighted by molar-refractivity contribution is 7.07. The zero-order valence-corrected chi connectivity index (χ0v) is 9.71. The van der Waals surface area contributed by atoms with Gasteiger partial charge in [0.15, 0.2) is 0 Å². The molecular weight excluding hydrogens is 204 g/mol. The first-order chi connectivity index (χ1) is 7.16. The first kappa shape index (κ1) is 10.3. The van der Waals surface area contributed by atoms with Gasteiger partial charge >= 0.3 is 0 Å². The fraction of sp³-hybridized carbons (Fsp3) is 0.250. The Bertz CT molecular complexity index is 428. The Morgan fingerprint density at radius 1 is 1.20 bits per heavy atom. The highest BCUT2D eigenvalue weighted by Crippen LogP contribution is 2.21. The summed E-state index contributed by atoms with van der Waals surface area (Å²) in [4.78, 5) is 4.25. The lowest BCUT2D eigenvalue weighted by Crippen LogP contribution is -2.12. The number of nitrogens with zero attached hydrogens (tertiary/aromatic N) is 1. The van der Waals surface area contributed by atoms with Crippen LogP contribution in [-0.4, -0.2) is 4.98 Å². The van der Waals surface area contributed by atoms with Gasteiger partial charge in [-0.2, -0.15) is 0 Å². The Morgan fingerprint density at radius 2 is 1.87 bits per heavy atom. The van der Waals surface area contributed by atoms with Crippen LogP contribution in [0.25, 0.3) is 0 Å². The molecule has 1 aromatic heterocycles. The lowest BCUT2D eigenvalue weighted by molar-refractivity contribution is 0.836. The van der Waals surface area contributed by atoms with Gasteiger partial charge in [-0.3, -0.25) is 0 Å². The average Bonchev–Trinajstić information content (AvgIpc) is 2.67. The minimum absolute atomic E-state index is 0.102. The van der Waals surface area contributed by atoms with Crippen molar-refractivity contribution in [2.75, 3.05) is 0 Å². The van der Waals surface area contributed by atoms with Crippen molar-refractivity contribution in [2.24, 2.45) is 5.73 Å². The van der Waals surface area contributed by atoms with E-state index in [1.807, 2.05) is 10.9 Å². The standard InChI is InChI=1S/C12H14N2S/c1-8-3-9(2)5-10(4-8)12(13)11-6-15-7-14-11/h3-7,12H,13H2,1-2H3. The maximum atomic E-state index is 6.14. The minimum Gasteiger partial charge on any atom is -0.319 e. The van der Waals surface area contributed by atoms with Gasteiger partial charge in [0.1, 0.15) is 0 Å². The largest absolute Gasteiger partial charge is 0.319 e. The van der Waals surface area contributed by atoms with E-state index in [1.165, 1.54) is 11.1 Å². The van der Waals surface area contributed by atoms with Crippen molar-refractivity contribution in [1.29, 1.82) is 0 Å². The van der Waals surface area contributed by atoms with E-state index in [1.54, 1.807) is 11.3 Å². The average molecular weight is 218 g/mol. The molecule has 0 fully saturated rings. The number of hydrogen-bond acceptors (Lipinski definition) is 3. The number of aryl methyl sites for hydroxylation is 2. The van der Waals surface area contributed by atoms with Crippen LogP contribution in [0.3, 0.4) is 0 Å². The van der Waals surface area contributed by atoms with Gasteiger partial charge in [-0.1, -0.05) is 29.3 Å². The number of benzene rings is 1. The molecule has 3 heteroatoms. The van der Waals surface area contributed by atoms with Gasteiger partial charge in [0.25, 0.3) is 0 Å². The van der Waals surface area contributed by atoms with Crippen LogP contribution in [0.1, 0.15) is 28.4 Å². The molecule has 0 saturated carbocycles. The number of rotatable bonds is 2. The second-order valence-corrected chi connectivity index (χ2v) is 4.53. The molecule has 15 heavy (non-hydrogen) atoms. The Balaban J connectivity index is 2.37. The van der Waals surface area contributed by atoms with E-state index in [2.05, 4.69) is 37.0 Å². The molecule has 2 nitrogen and oxygen atoms in total. The van der Waals surface area contributed by atoms with Crippen molar-refractivity contribution in [1.82, 2.24) is 4.98 Å². The van der Waals surface area contributed by atoms with Crippen LogP contribution in [-0.2, 0) is 0 Å². The van der Waals surface area contributed by atoms with Crippen LogP contribution in [0.2, 0.25) is 0 Å². The molecule has 0 radical (unpaired) electrons. The summed E-state index contributed by atoms with van der Waals surface area (Å²) >= 11 is 1.58. The summed E-state index contributed by atoms with van der Waals surface area (Å²) in [7, 11) is 0. The molecule has 2 N–H and O–H groups in total. The third kappa shape index (κ3) is 2.25. The van der Waals surface area contributed by atoms with E-state index in [4.69, 9.17) is 5.73 Å². The fourth-order valence-electron chi connectivity index (χ4n) is 1.74. The second-order valence-electron chi connectivity index (χ2n) is 3.81. The Morgan fingerprint density at radius 3 is 2.40 bits per heavy atom. The molecule has 0 aliphatic heterocycles. The van der Waals surface area contributed by atoms with Crippen LogP contribution in [0.4, 0.5) is 0 Å². The summed E-state index contributed by atoms with van der Waals surface area (Å²) in [6, 6.07) is 6.29. The van der Waals surface area contributed by atoms with Crippen molar-refractivity contribution < 1.29 is 0 Å². The van der Waals surface area contributed by atoms with E-state index in [9.17, 15) is 0 Å². The zero-order chi connectivity index (χ0) is 10.8. The molecule has 2 rings (SSSR count). The molecule has 2 aromatic rings. The predicted octanol–water partition coefficient (Wildman–Crippen LogP) is 2.81. The summed E-state index contributed by atoms with van der Waals surface area (Å²) in [5, 5.41) is 2.00. The second kappa shape index (κ2) is 4.13. The third-order valence-corrected chi connectivity index (χ3v) is 2.98. The van der Waals surface area contributed by atoms with Crippen molar-refractivity contribution in [3.8, 4) is 0 Å². The molecular formula is C12H14N2S. The first-order valence-electron chi connectivity index (χ1n) is 4.88. The van der Waals surface area contributed by atoms with E-state index in [0.717, 1.165) is 11.3 Å². The number of thiazole rings is 1. The maximum Gasteiger partial charge on any atom is 0.0795 e. The lowest BCUT2D eigenvalue weighted by Gasteiger charge is -2.11. The molecule has 0 spiro atoms. The molecule has 1 unspecified atom stereocenters. The van der Waals surface area contributed by atoms with E-state index in [0.29, 0.717) is 0 Å². The minimum atomic E-state index is -0.102. The highest BCUT2D eigenvalue weighted by atomic mass is 32.1. The molecule has 0 aliphatic rings. The van der Waals surface area contributed by atoms with Gasteiger partial charge in [0, 0.05) is 5.38 Å². The summed E-state index contributed by atoms with van der Waals surface area (Å²) in [5.41, 5.74) is 12.5. The predicted molar refractivity (Wildman–Crippen MR) is 64.1 cm³/mol. The maximum absolute atomic E-state index is 6.14. The van der Waals surface area contributed by atoms with Gasteiger partial charge in [0.05, 0.1) is 17.2 Å². The van der Waals surface area contributed by atoms with Crippen molar-refractivity contribution >= 4 is 11.3 Å². The molecule has 0 saturated heterocycles. The van der Waals surface area contributed by atoms with E-state index < -0.39 is 0 Å². The van der Waals surface area contributed by atoms with Crippen LogP contribution < -0.4 is 5.73 Å². The molecule has 0 bridgehead atoms. The topological polar surface area (TPSA) is 38.9 Å².